The van der Waals surface area contributed by atoms with Crippen molar-refractivity contribution in [1.82, 2.24) is 19.4 Å². The molecule has 0 radical (unpaired) electrons. The maximum atomic E-state index is 13.2. The van der Waals surface area contributed by atoms with Crippen LogP contribution in [0.15, 0.2) is 41.5 Å². The number of imidazole rings is 1. The summed E-state index contributed by atoms with van der Waals surface area (Å²) in [6.07, 6.45) is 4.84. The number of pyridine rings is 1. The minimum Gasteiger partial charge on any atom is -0.358 e. The number of amides is 1. The molecule has 0 aliphatic carbocycles. The number of carbonyl (C=O) groups excluding carboxylic acids is 2. The van der Waals surface area contributed by atoms with E-state index in [-0.39, 0.29) is 23.0 Å². The van der Waals surface area contributed by atoms with E-state index in [2.05, 4.69) is 9.97 Å². The van der Waals surface area contributed by atoms with E-state index in [0.29, 0.717) is 41.1 Å². The van der Waals surface area contributed by atoms with Gasteiger partial charge in [0.15, 0.2) is 11.3 Å². The quantitative estimate of drug-likeness (QED) is 0.709. The van der Waals surface area contributed by atoms with Crippen molar-refractivity contribution in [1.29, 1.82) is 0 Å². The second kappa shape index (κ2) is 7.07. The number of nitrogens with one attached hydrogen (secondary N) is 1. The predicted octanol–water partition coefficient (Wildman–Crippen LogP) is 2.31. The van der Waals surface area contributed by atoms with Gasteiger partial charge < -0.3 is 14.5 Å². The third kappa shape index (κ3) is 3.13. The molecule has 1 aliphatic rings. The zero-order chi connectivity index (χ0) is 19.8. The maximum Gasteiger partial charge on any atom is 0.256 e. The smallest absolute Gasteiger partial charge is 0.256 e. The van der Waals surface area contributed by atoms with Gasteiger partial charge in [0.05, 0.1) is 11.1 Å². The largest absolute Gasteiger partial charge is 0.358 e. The van der Waals surface area contributed by atoms with Gasteiger partial charge in [0.25, 0.3) is 5.91 Å². The van der Waals surface area contributed by atoms with Crippen molar-refractivity contribution >= 4 is 22.6 Å². The van der Waals surface area contributed by atoms with Crippen LogP contribution in [-0.4, -0.2) is 44.2 Å². The van der Waals surface area contributed by atoms with E-state index >= 15 is 0 Å². The summed E-state index contributed by atoms with van der Waals surface area (Å²) < 4.78 is 1.71. The first kappa shape index (κ1) is 18.2. The van der Waals surface area contributed by atoms with Gasteiger partial charge in [-0.25, -0.2) is 4.98 Å². The minimum atomic E-state index is -0.269. The van der Waals surface area contributed by atoms with E-state index < -0.39 is 0 Å². The fraction of sp³-hybridized carbons (Fsp3) is 0.333. The maximum absolute atomic E-state index is 13.2. The van der Waals surface area contributed by atoms with E-state index in [1.54, 1.807) is 54.0 Å². The average Bonchev–Trinajstić information content (AvgIpc) is 3.12. The second-order valence-electron chi connectivity index (χ2n) is 7.36. The summed E-state index contributed by atoms with van der Waals surface area (Å²) in [5.41, 5.74) is 1.61. The predicted molar refractivity (Wildman–Crippen MR) is 105 cm³/mol. The molecular weight excluding hydrogens is 356 g/mol. The molecule has 3 aromatic rings. The number of aryl methyl sites for hydroxylation is 2. The molecule has 1 unspecified atom stereocenters. The van der Waals surface area contributed by atoms with Crippen LogP contribution >= 0.6 is 0 Å². The van der Waals surface area contributed by atoms with Crippen LogP contribution in [0.4, 0.5) is 0 Å². The third-order valence-corrected chi connectivity index (χ3v) is 5.35. The Bertz CT molecular complexity index is 1130. The molecule has 28 heavy (non-hydrogen) atoms. The highest BCUT2D eigenvalue weighted by Crippen LogP contribution is 2.24. The van der Waals surface area contributed by atoms with E-state index in [1.807, 2.05) is 0 Å². The first-order chi connectivity index (χ1) is 13.5. The summed E-state index contributed by atoms with van der Waals surface area (Å²) in [6.45, 7) is 2.75. The first-order valence-corrected chi connectivity index (χ1v) is 9.39. The number of ketones is 1. The molecule has 1 aliphatic heterocycles. The van der Waals surface area contributed by atoms with Crippen molar-refractivity contribution in [2.75, 3.05) is 13.1 Å². The van der Waals surface area contributed by atoms with Crippen molar-refractivity contribution in [2.24, 2.45) is 13.0 Å². The third-order valence-electron chi connectivity index (χ3n) is 5.35. The van der Waals surface area contributed by atoms with Gasteiger partial charge in [0.1, 0.15) is 0 Å². The van der Waals surface area contributed by atoms with Gasteiger partial charge in [0.2, 0.25) is 5.78 Å². The van der Waals surface area contributed by atoms with Crippen molar-refractivity contribution in [2.45, 2.75) is 19.8 Å². The standard InChI is InChI=1S/C21H22N4O3/c1-13-11-17(26)15-6-3-7-16(18(15)23-13)21(28)25-9-4-5-14(12-25)19(27)20-22-8-10-24(20)2/h3,6-8,10-11,14H,4-5,9,12H2,1-2H3,(H,23,26). The molecular formula is C21H22N4O3. The Morgan fingerprint density at radius 2 is 2.11 bits per heavy atom. The van der Waals surface area contributed by atoms with Gasteiger partial charge in [0, 0.05) is 55.6 Å². The number of hydrogen-bond donors (Lipinski definition) is 1. The van der Waals surface area contributed by atoms with Crippen molar-refractivity contribution < 1.29 is 9.59 Å². The molecule has 0 bridgehead atoms. The zero-order valence-corrected chi connectivity index (χ0v) is 15.9. The van der Waals surface area contributed by atoms with Crippen molar-refractivity contribution in [3.05, 3.63) is 64.0 Å². The van der Waals surface area contributed by atoms with Gasteiger partial charge in [-0.05, 0) is 31.9 Å². The number of aromatic nitrogens is 3. The number of aromatic amines is 1. The Balaban J connectivity index is 1.64. The molecule has 1 aromatic carbocycles. The number of para-hydroxylation sites is 1. The number of piperidine rings is 1. The normalized spacial score (nSPS) is 17.1. The van der Waals surface area contributed by atoms with E-state index in [9.17, 15) is 14.4 Å². The second-order valence-corrected chi connectivity index (χ2v) is 7.36. The molecule has 4 rings (SSSR count). The molecule has 3 heterocycles. The summed E-state index contributed by atoms with van der Waals surface area (Å²) in [7, 11) is 1.79. The van der Waals surface area contributed by atoms with E-state index in [4.69, 9.17) is 0 Å². The Labute approximate surface area is 162 Å². The topological polar surface area (TPSA) is 88.1 Å². The van der Waals surface area contributed by atoms with Gasteiger partial charge in [-0.1, -0.05) is 6.07 Å². The highest BCUT2D eigenvalue weighted by atomic mass is 16.2. The van der Waals surface area contributed by atoms with Crippen LogP contribution in [0.25, 0.3) is 10.9 Å². The number of benzene rings is 1. The monoisotopic (exact) mass is 378 g/mol. The lowest BCUT2D eigenvalue weighted by Gasteiger charge is -2.32. The number of nitrogens with zero attached hydrogens (tertiary/aromatic N) is 3. The molecule has 0 saturated carbocycles. The summed E-state index contributed by atoms with van der Waals surface area (Å²) in [6, 6.07) is 6.69. The van der Waals surface area contributed by atoms with Crippen molar-refractivity contribution in [3.8, 4) is 0 Å². The van der Waals surface area contributed by atoms with Crippen LogP contribution in [0.1, 0.15) is 39.5 Å². The fourth-order valence-electron chi connectivity index (χ4n) is 3.91. The van der Waals surface area contributed by atoms with Crippen LogP contribution in [0.5, 0.6) is 0 Å². The number of carbonyl (C=O) groups is 2. The Hall–Kier alpha value is -3.22. The highest BCUT2D eigenvalue weighted by molar-refractivity contribution is 6.05. The molecule has 1 N–H and O–H groups in total. The minimum absolute atomic E-state index is 0.0350. The molecule has 1 saturated heterocycles. The lowest BCUT2D eigenvalue weighted by molar-refractivity contribution is 0.0634. The molecule has 1 fully saturated rings. The molecule has 0 spiro atoms. The van der Waals surface area contributed by atoms with E-state index in [1.165, 1.54) is 6.07 Å². The van der Waals surface area contributed by atoms with Crippen LogP contribution in [0.3, 0.4) is 0 Å². The van der Waals surface area contributed by atoms with Crippen LogP contribution in [0.2, 0.25) is 0 Å². The van der Waals surface area contributed by atoms with Gasteiger partial charge >= 0.3 is 0 Å². The van der Waals surface area contributed by atoms with Crippen molar-refractivity contribution in [3.63, 3.8) is 0 Å². The summed E-state index contributed by atoms with van der Waals surface area (Å²) in [5, 5.41) is 0.495. The van der Waals surface area contributed by atoms with Gasteiger partial charge in [-0.15, -0.1) is 0 Å². The molecule has 7 nitrogen and oxygen atoms in total. The van der Waals surface area contributed by atoms with E-state index in [0.717, 1.165) is 12.8 Å². The number of hydrogen-bond acceptors (Lipinski definition) is 4. The Morgan fingerprint density at radius 3 is 2.86 bits per heavy atom. The summed E-state index contributed by atoms with van der Waals surface area (Å²) in [5.74, 6) is -0.0460. The lowest BCUT2D eigenvalue weighted by atomic mass is 9.92. The Morgan fingerprint density at radius 1 is 1.29 bits per heavy atom. The highest BCUT2D eigenvalue weighted by Gasteiger charge is 2.31. The van der Waals surface area contributed by atoms with Gasteiger partial charge in [-0.3, -0.25) is 14.4 Å². The Kier molecular flexibility index (Phi) is 4.58. The summed E-state index contributed by atoms with van der Waals surface area (Å²) in [4.78, 5) is 47.3. The average molecular weight is 378 g/mol. The fourth-order valence-corrected chi connectivity index (χ4v) is 3.91. The molecule has 1 amide bonds. The first-order valence-electron chi connectivity index (χ1n) is 9.39. The van der Waals surface area contributed by atoms with Crippen LogP contribution in [0, 0.1) is 12.8 Å². The number of likely N-dealkylation sites (tertiary alicyclic amines) is 1. The molecule has 7 heteroatoms. The number of Topliss-reactive ketones (excluding diaryl/α,β-unsaturated/α-hetero) is 1. The SMILES string of the molecule is Cc1cc(=O)c2cccc(C(=O)N3CCCC(C(=O)c4nccn4C)C3)c2[nH]1. The number of H-pyrrole nitrogens is 1. The number of fused-ring (bicyclic) bond motifs is 1. The molecule has 144 valence electrons. The summed E-state index contributed by atoms with van der Waals surface area (Å²) >= 11 is 0. The molecule has 2 aromatic heterocycles. The molecule has 1 atom stereocenters. The van der Waals surface area contributed by atoms with Crippen LogP contribution in [-0.2, 0) is 7.05 Å². The van der Waals surface area contributed by atoms with Crippen LogP contribution < -0.4 is 5.43 Å². The number of rotatable bonds is 3. The zero-order valence-electron chi connectivity index (χ0n) is 15.9. The lowest BCUT2D eigenvalue weighted by Crippen LogP contribution is -2.42. The van der Waals surface area contributed by atoms with Gasteiger partial charge in [-0.2, -0.15) is 0 Å².